The Morgan fingerprint density at radius 2 is 1.41 bits per heavy atom. The van der Waals surface area contributed by atoms with E-state index in [0.29, 0.717) is 9.98 Å². The van der Waals surface area contributed by atoms with E-state index in [4.69, 9.17) is 10.5 Å². The first-order valence-electron chi connectivity index (χ1n) is 11.2. The zero-order chi connectivity index (χ0) is 20.8. The second kappa shape index (κ2) is 14.9. The predicted molar refractivity (Wildman–Crippen MR) is 119 cm³/mol. The van der Waals surface area contributed by atoms with Crippen molar-refractivity contribution in [3.8, 4) is 0 Å². The Labute approximate surface area is 179 Å². The summed E-state index contributed by atoms with van der Waals surface area (Å²) >= 11 is -0.768. The normalized spacial score (nSPS) is 12.3. The third kappa shape index (κ3) is 13.0. The second-order valence-electron chi connectivity index (χ2n) is 8.81. The Morgan fingerprint density at radius 1 is 0.926 bits per heavy atom. The molecule has 0 aromatic carbocycles. The summed E-state index contributed by atoms with van der Waals surface area (Å²) in [5, 5.41) is 0. The van der Waals surface area contributed by atoms with Crippen molar-refractivity contribution in [2.45, 2.75) is 115 Å². The van der Waals surface area contributed by atoms with E-state index in [9.17, 15) is 4.79 Å². The molecule has 0 aliphatic rings. The second-order valence-corrected chi connectivity index (χ2v) is 13.8. The van der Waals surface area contributed by atoms with Crippen LogP contribution < -0.4 is 5.73 Å². The van der Waals surface area contributed by atoms with Crippen LogP contribution in [-0.4, -0.2) is 55.4 Å². The number of ether oxygens (including phenoxy) is 1. The van der Waals surface area contributed by atoms with E-state index in [-0.39, 0.29) is 6.09 Å². The number of carbonyl (C=O) groups excluding carboxylic acids is 1. The molecule has 160 valence electrons. The molecule has 2 radical (unpaired) electrons. The van der Waals surface area contributed by atoms with Crippen LogP contribution in [0.15, 0.2) is 0 Å². The van der Waals surface area contributed by atoms with Gasteiger partial charge in [0.1, 0.15) is 0 Å². The standard InChI is InChI=1S/C13H27.C9H19N2O2.Sn/c1-4-7-10-13(11-8-5-2)12-9-6-3;1-9(2,3)13-8(12)11(4)7-5-6-10;/h4-12H2,1-3H3;4-7,10H2,1-3H3;. The third-order valence-corrected chi connectivity index (χ3v) is 10.8. The zero-order valence-corrected chi connectivity index (χ0v) is 21.9. The van der Waals surface area contributed by atoms with Gasteiger partial charge in [0.25, 0.3) is 0 Å². The topological polar surface area (TPSA) is 55.6 Å². The number of hydrogen-bond donors (Lipinski definition) is 1. The van der Waals surface area contributed by atoms with E-state index >= 15 is 0 Å². The average Bonchev–Trinajstić information content (AvgIpc) is 2.61. The molecule has 1 amide bonds. The number of nitrogens with two attached hydrogens (primary N) is 1. The molecular formula is C22H46N2O2Sn. The summed E-state index contributed by atoms with van der Waals surface area (Å²) in [6, 6.07) is 0. The molecule has 0 aliphatic carbocycles. The van der Waals surface area contributed by atoms with Gasteiger partial charge in [0.15, 0.2) is 0 Å². The van der Waals surface area contributed by atoms with Gasteiger partial charge in [-0.3, -0.25) is 0 Å². The minimum absolute atomic E-state index is 0.146. The van der Waals surface area contributed by atoms with Crippen molar-refractivity contribution in [3.05, 3.63) is 0 Å². The average molecular weight is 489 g/mol. The van der Waals surface area contributed by atoms with Crippen LogP contribution in [0, 0.1) is 0 Å². The maximum atomic E-state index is 12.7. The molecule has 0 aromatic rings. The summed E-state index contributed by atoms with van der Waals surface area (Å²) < 4.78 is 7.17. The molecule has 0 bridgehead atoms. The number of carbonyl (C=O) groups is 1. The summed E-state index contributed by atoms with van der Waals surface area (Å²) in [5.41, 5.74) is 5.28. The van der Waals surface area contributed by atoms with Crippen molar-refractivity contribution in [1.82, 2.24) is 4.90 Å². The van der Waals surface area contributed by atoms with Crippen molar-refractivity contribution in [2.75, 3.05) is 17.7 Å². The van der Waals surface area contributed by atoms with Crippen LogP contribution in [0.3, 0.4) is 0 Å². The molecule has 0 atom stereocenters. The quantitative estimate of drug-likeness (QED) is 0.289. The van der Waals surface area contributed by atoms with Crippen molar-refractivity contribution in [3.63, 3.8) is 0 Å². The molecule has 0 saturated carbocycles. The van der Waals surface area contributed by atoms with Gasteiger partial charge in [-0.1, -0.05) is 0 Å². The van der Waals surface area contributed by atoms with Crippen LogP contribution in [0.5, 0.6) is 0 Å². The van der Waals surface area contributed by atoms with Gasteiger partial charge in [-0.15, -0.1) is 0 Å². The van der Waals surface area contributed by atoms with Crippen molar-refractivity contribution in [1.29, 1.82) is 0 Å². The fraction of sp³-hybridized carbons (Fsp3) is 0.955. The SMILES string of the molecule is CCCC[C](CCCC)(CCCC)[Sn][CH2]N(CCCN)C(=O)OC(C)(C)C. The summed E-state index contributed by atoms with van der Waals surface area (Å²) in [6.45, 7) is 14.1. The number of rotatable bonds is 15. The van der Waals surface area contributed by atoms with Gasteiger partial charge in [-0.25, -0.2) is 0 Å². The van der Waals surface area contributed by atoms with Crippen LogP contribution in [-0.2, 0) is 4.74 Å². The van der Waals surface area contributed by atoms with Gasteiger partial charge >= 0.3 is 180 Å². The molecule has 27 heavy (non-hydrogen) atoms. The molecule has 0 aliphatic heterocycles. The summed E-state index contributed by atoms with van der Waals surface area (Å²) in [7, 11) is 0. The van der Waals surface area contributed by atoms with Crippen LogP contribution in [0.25, 0.3) is 0 Å². The van der Waals surface area contributed by atoms with Crippen molar-refractivity contribution in [2.24, 2.45) is 5.73 Å². The Bertz CT molecular complexity index is 361. The molecule has 0 aromatic heterocycles. The first-order valence-corrected chi connectivity index (χ1v) is 14.6. The van der Waals surface area contributed by atoms with E-state index in [1.54, 1.807) is 0 Å². The molecule has 2 N–H and O–H groups in total. The van der Waals surface area contributed by atoms with Crippen LogP contribution in [0.2, 0.25) is 3.43 Å². The molecule has 4 nitrogen and oxygen atoms in total. The Morgan fingerprint density at radius 3 is 1.78 bits per heavy atom. The van der Waals surface area contributed by atoms with Gasteiger partial charge in [0, 0.05) is 0 Å². The third-order valence-electron chi connectivity index (χ3n) is 4.96. The van der Waals surface area contributed by atoms with E-state index in [1.165, 1.54) is 57.8 Å². The van der Waals surface area contributed by atoms with Gasteiger partial charge in [0.2, 0.25) is 0 Å². The first kappa shape index (κ1) is 27.0. The van der Waals surface area contributed by atoms with Gasteiger partial charge < -0.3 is 0 Å². The van der Waals surface area contributed by atoms with Gasteiger partial charge in [-0.2, -0.15) is 0 Å². The molecule has 0 saturated heterocycles. The fourth-order valence-corrected chi connectivity index (χ4v) is 8.64. The van der Waals surface area contributed by atoms with Crippen LogP contribution >= 0.6 is 0 Å². The molecule has 0 fully saturated rings. The molecule has 0 rings (SSSR count). The van der Waals surface area contributed by atoms with Gasteiger partial charge in [-0.05, 0) is 0 Å². The van der Waals surface area contributed by atoms with E-state index < -0.39 is 26.7 Å². The summed E-state index contributed by atoms with van der Waals surface area (Å²) in [5.74, 6) is 0. The summed E-state index contributed by atoms with van der Waals surface area (Å²) in [4.78, 5) is 14.7. The number of unbranched alkanes of at least 4 members (excludes halogenated alkanes) is 3. The fourth-order valence-electron chi connectivity index (χ4n) is 3.29. The van der Waals surface area contributed by atoms with E-state index in [2.05, 4.69) is 20.8 Å². The molecule has 0 heterocycles. The number of hydrogen-bond acceptors (Lipinski definition) is 3. The molecule has 5 heteroatoms. The Balaban J connectivity index is 5.18. The predicted octanol–water partition coefficient (Wildman–Crippen LogP) is 5.96. The molecule has 0 unspecified atom stereocenters. The van der Waals surface area contributed by atoms with Gasteiger partial charge in [0.05, 0.1) is 0 Å². The summed E-state index contributed by atoms with van der Waals surface area (Å²) in [6.07, 6.45) is 12.5. The molecule has 0 spiro atoms. The van der Waals surface area contributed by atoms with Crippen molar-refractivity contribution < 1.29 is 9.53 Å². The minimum atomic E-state index is -0.768. The maximum absolute atomic E-state index is 12.7. The number of nitrogens with zero attached hydrogens (tertiary/aromatic N) is 1. The number of amides is 1. The van der Waals surface area contributed by atoms with Crippen LogP contribution in [0.4, 0.5) is 4.79 Å². The monoisotopic (exact) mass is 490 g/mol. The zero-order valence-electron chi connectivity index (χ0n) is 19.0. The molecular weight excluding hydrogens is 443 g/mol. The van der Waals surface area contributed by atoms with E-state index in [1.807, 2.05) is 25.7 Å². The van der Waals surface area contributed by atoms with E-state index in [0.717, 1.165) is 17.5 Å². The first-order chi connectivity index (χ1) is 12.7. The Kier molecular flexibility index (Phi) is 15.0. The van der Waals surface area contributed by atoms with Crippen LogP contribution in [0.1, 0.15) is 106 Å². The van der Waals surface area contributed by atoms with Crippen molar-refractivity contribution >= 4 is 27.2 Å². The Hall–Kier alpha value is 0.0287.